The fourth-order valence-corrected chi connectivity index (χ4v) is 2.58. The lowest BCUT2D eigenvalue weighted by Gasteiger charge is -2.22. The number of hydrogen-bond donors (Lipinski definition) is 1. The number of halogens is 1. The van der Waals surface area contributed by atoms with E-state index in [4.69, 9.17) is 11.6 Å². The van der Waals surface area contributed by atoms with Gasteiger partial charge in [-0.15, -0.1) is 0 Å². The molecule has 2 aromatic rings. The summed E-state index contributed by atoms with van der Waals surface area (Å²) in [6.45, 7) is 5.76. The molecule has 0 radical (unpaired) electrons. The lowest BCUT2D eigenvalue weighted by atomic mass is 10.1. The zero-order valence-corrected chi connectivity index (χ0v) is 13.3. The normalized spacial score (nSPS) is 12.7. The van der Waals surface area contributed by atoms with Crippen LogP contribution in [0.15, 0.2) is 23.2 Å². The highest BCUT2D eigenvalue weighted by Gasteiger charge is 2.22. The molecule has 5 nitrogen and oxygen atoms in total. The molecule has 0 amide bonds. The highest BCUT2D eigenvalue weighted by Crippen LogP contribution is 2.25. The Hall–Kier alpha value is -1.40. The van der Waals surface area contributed by atoms with Gasteiger partial charge < -0.3 is 5.32 Å². The van der Waals surface area contributed by atoms with Crippen LogP contribution in [0.5, 0.6) is 0 Å². The van der Waals surface area contributed by atoms with Crippen LogP contribution in [-0.4, -0.2) is 30.2 Å². The van der Waals surface area contributed by atoms with Crippen molar-refractivity contribution in [2.45, 2.75) is 31.3 Å². The van der Waals surface area contributed by atoms with E-state index in [-0.39, 0.29) is 16.4 Å². The fraction of sp³-hybridized carbons (Fsp3) is 0.385. The SMILES string of the molecule is CC(C)(C)Nc1nc2cc(Cl)ccc2nc1S(C)(=O)=O. The summed E-state index contributed by atoms with van der Waals surface area (Å²) >= 11 is 5.93. The summed E-state index contributed by atoms with van der Waals surface area (Å²) in [6.07, 6.45) is 1.12. The minimum Gasteiger partial charge on any atom is -0.363 e. The summed E-state index contributed by atoms with van der Waals surface area (Å²) < 4.78 is 23.8. The topological polar surface area (TPSA) is 72.0 Å². The number of nitrogens with one attached hydrogen (secondary N) is 1. The van der Waals surface area contributed by atoms with E-state index in [1.165, 1.54) is 0 Å². The van der Waals surface area contributed by atoms with Crippen molar-refractivity contribution >= 4 is 38.3 Å². The predicted molar refractivity (Wildman–Crippen MR) is 81.0 cm³/mol. The minimum absolute atomic E-state index is 0.0535. The van der Waals surface area contributed by atoms with Crippen molar-refractivity contribution in [1.29, 1.82) is 0 Å². The van der Waals surface area contributed by atoms with E-state index in [9.17, 15) is 8.42 Å². The van der Waals surface area contributed by atoms with E-state index >= 15 is 0 Å². The average molecular weight is 314 g/mol. The van der Waals surface area contributed by atoms with Gasteiger partial charge in [0.05, 0.1) is 11.0 Å². The van der Waals surface area contributed by atoms with Crippen LogP contribution < -0.4 is 5.32 Å². The molecule has 0 bridgehead atoms. The van der Waals surface area contributed by atoms with Gasteiger partial charge in [-0.3, -0.25) is 0 Å². The summed E-state index contributed by atoms with van der Waals surface area (Å²) in [5.74, 6) is 0.245. The lowest BCUT2D eigenvalue weighted by Crippen LogP contribution is -2.28. The third-order valence-electron chi connectivity index (χ3n) is 2.44. The number of aromatic nitrogens is 2. The van der Waals surface area contributed by atoms with Crippen molar-refractivity contribution in [2.75, 3.05) is 11.6 Å². The van der Waals surface area contributed by atoms with Gasteiger partial charge in [0.25, 0.3) is 0 Å². The minimum atomic E-state index is -3.48. The van der Waals surface area contributed by atoms with Crippen LogP contribution in [0.2, 0.25) is 5.02 Å². The van der Waals surface area contributed by atoms with Gasteiger partial charge in [-0.2, -0.15) is 0 Å². The molecular formula is C13H16ClN3O2S. The van der Waals surface area contributed by atoms with Gasteiger partial charge in [0.2, 0.25) is 0 Å². The van der Waals surface area contributed by atoms with E-state index in [0.29, 0.717) is 16.1 Å². The van der Waals surface area contributed by atoms with Gasteiger partial charge in [0.1, 0.15) is 0 Å². The summed E-state index contributed by atoms with van der Waals surface area (Å²) in [6, 6.07) is 4.96. The summed E-state index contributed by atoms with van der Waals surface area (Å²) in [5, 5.41) is 3.55. The molecule has 0 aliphatic rings. The second kappa shape index (κ2) is 4.86. The Labute approximate surface area is 123 Å². The number of fused-ring (bicyclic) bond motifs is 1. The van der Waals surface area contributed by atoms with E-state index in [0.717, 1.165) is 6.26 Å². The van der Waals surface area contributed by atoms with E-state index < -0.39 is 9.84 Å². The van der Waals surface area contributed by atoms with Crippen LogP contribution in [0, 0.1) is 0 Å². The molecule has 2 rings (SSSR count). The number of benzene rings is 1. The molecule has 1 heterocycles. The Bertz CT molecular complexity index is 767. The maximum Gasteiger partial charge on any atom is 0.198 e. The Morgan fingerprint density at radius 1 is 1.15 bits per heavy atom. The molecule has 0 aliphatic carbocycles. The lowest BCUT2D eigenvalue weighted by molar-refractivity contribution is 0.595. The maximum absolute atomic E-state index is 11.9. The average Bonchev–Trinajstić information content (AvgIpc) is 2.24. The van der Waals surface area contributed by atoms with Crippen molar-refractivity contribution in [3.05, 3.63) is 23.2 Å². The molecule has 0 spiro atoms. The largest absolute Gasteiger partial charge is 0.363 e. The van der Waals surface area contributed by atoms with Gasteiger partial charge in [-0.1, -0.05) is 11.6 Å². The number of rotatable bonds is 2. The monoisotopic (exact) mass is 313 g/mol. The number of nitrogens with zero attached hydrogens (tertiary/aromatic N) is 2. The van der Waals surface area contributed by atoms with Crippen LogP contribution >= 0.6 is 11.6 Å². The van der Waals surface area contributed by atoms with Crippen LogP contribution in [0.1, 0.15) is 20.8 Å². The second-order valence-corrected chi connectivity index (χ2v) is 8.03. The van der Waals surface area contributed by atoms with Crippen molar-refractivity contribution in [3.8, 4) is 0 Å². The molecule has 0 fully saturated rings. The summed E-state index contributed by atoms with van der Waals surface area (Å²) in [5.41, 5.74) is 0.714. The van der Waals surface area contributed by atoms with Gasteiger partial charge in [-0.05, 0) is 39.0 Å². The number of anilines is 1. The molecule has 0 atom stereocenters. The molecule has 0 unspecified atom stereocenters. The van der Waals surface area contributed by atoms with Crippen LogP contribution in [0.3, 0.4) is 0 Å². The molecule has 1 aromatic carbocycles. The van der Waals surface area contributed by atoms with E-state index in [1.807, 2.05) is 20.8 Å². The van der Waals surface area contributed by atoms with Crippen LogP contribution in [0.25, 0.3) is 11.0 Å². The molecule has 0 aliphatic heterocycles. The molecule has 108 valence electrons. The van der Waals surface area contributed by atoms with Gasteiger partial charge in [0, 0.05) is 16.8 Å². The van der Waals surface area contributed by atoms with Crippen molar-refractivity contribution in [1.82, 2.24) is 9.97 Å². The third-order valence-corrected chi connectivity index (χ3v) is 3.66. The predicted octanol–water partition coefficient (Wildman–Crippen LogP) is 2.90. The molecule has 7 heteroatoms. The van der Waals surface area contributed by atoms with Crippen molar-refractivity contribution in [3.63, 3.8) is 0 Å². The zero-order chi connectivity index (χ0) is 15.1. The third kappa shape index (κ3) is 3.37. The second-order valence-electron chi connectivity index (χ2n) is 5.66. The Balaban J connectivity index is 2.74. The van der Waals surface area contributed by atoms with E-state index in [1.54, 1.807) is 18.2 Å². The van der Waals surface area contributed by atoms with Crippen LogP contribution in [-0.2, 0) is 9.84 Å². The number of sulfone groups is 1. The molecule has 0 saturated heterocycles. The zero-order valence-electron chi connectivity index (χ0n) is 11.7. The fourth-order valence-electron chi connectivity index (χ4n) is 1.71. The smallest absolute Gasteiger partial charge is 0.198 e. The molecule has 0 saturated carbocycles. The van der Waals surface area contributed by atoms with Crippen molar-refractivity contribution in [2.24, 2.45) is 0 Å². The van der Waals surface area contributed by atoms with E-state index in [2.05, 4.69) is 15.3 Å². The van der Waals surface area contributed by atoms with Gasteiger partial charge in [-0.25, -0.2) is 18.4 Å². The van der Waals surface area contributed by atoms with Crippen molar-refractivity contribution < 1.29 is 8.42 Å². The molecule has 1 N–H and O–H groups in total. The quantitative estimate of drug-likeness (QED) is 0.923. The maximum atomic E-state index is 11.9. The summed E-state index contributed by atoms with van der Waals surface area (Å²) in [7, 11) is -3.48. The first-order valence-corrected chi connectivity index (χ1v) is 8.29. The Morgan fingerprint density at radius 3 is 2.35 bits per heavy atom. The van der Waals surface area contributed by atoms with Gasteiger partial charge >= 0.3 is 0 Å². The number of hydrogen-bond acceptors (Lipinski definition) is 5. The highest BCUT2D eigenvalue weighted by molar-refractivity contribution is 7.90. The first kappa shape index (κ1) is 15.0. The Kier molecular flexibility index (Phi) is 3.64. The van der Waals surface area contributed by atoms with Crippen LogP contribution in [0.4, 0.5) is 5.82 Å². The summed E-state index contributed by atoms with van der Waals surface area (Å²) in [4.78, 5) is 8.55. The molecule has 1 aromatic heterocycles. The first-order valence-electron chi connectivity index (χ1n) is 6.02. The van der Waals surface area contributed by atoms with Gasteiger partial charge in [0.15, 0.2) is 20.7 Å². The first-order chi connectivity index (χ1) is 9.06. The standard InChI is InChI=1S/C13H16ClN3O2S/c1-13(2,3)17-11-12(20(4,18)19)16-9-6-5-8(14)7-10(9)15-11/h5-7H,1-4H3,(H,15,17). The molecule has 20 heavy (non-hydrogen) atoms. The Morgan fingerprint density at radius 2 is 1.80 bits per heavy atom. The highest BCUT2D eigenvalue weighted by atomic mass is 35.5. The molecular weight excluding hydrogens is 298 g/mol.